The maximum absolute atomic E-state index is 5.29. The van der Waals surface area contributed by atoms with E-state index in [0.29, 0.717) is 12.2 Å². The van der Waals surface area contributed by atoms with E-state index in [1.54, 1.807) is 11.6 Å². The second kappa shape index (κ2) is 7.26. The van der Waals surface area contributed by atoms with Crippen LogP contribution < -0.4 is 4.74 Å². The summed E-state index contributed by atoms with van der Waals surface area (Å²) in [6, 6.07) is 16.6. The molecule has 0 saturated heterocycles. The van der Waals surface area contributed by atoms with Crippen molar-refractivity contribution in [3.05, 3.63) is 89.8 Å². The summed E-state index contributed by atoms with van der Waals surface area (Å²) < 4.78 is 7.07. The van der Waals surface area contributed by atoms with Gasteiger partial charge in [-0.1, -0.05) is 36.4 Å². The molecule has 158 valence electrons. The van der Waals surface area contributed by atoms with Crippen molar-refractivity contribution in [2.45, 2.75) is 24.7 Å². The van der Waals surface area contributed by atoms with Crippen LogP contribution in [0, 0.1) is 0 Å². The average molecular weight is 423 g/mol. The molecule has 1 aliphatic rings. The van der Waals surface area contributed by atoms with Crippen molar-refractivity contribution in [1.82, 2.24) is 35.0 Å². The fourth-order valence-electron chi connectivity index (χ4n) is 4.22. The number of H-pyrrole nitrogens is 1. The minimum atomic E-state index is -0.148. The fraction of sp³-hybridized carbons (Fsp3) is 0.208. The molecule has 0 unspecified atom stereocenters. The van der Waals surface area contributed by atoms with Crippen molar-refractivity contribution >= 4 is 5.78 Å². The molecular weight excluding hydrogens is 402 g/mol. The number of ether oxygens (including phenoxy) is 1. The molecule has 1 fully saturated rings. The highest BCUT2D eigenvalue weighted by Crippen LogP contribution is 2.52. The van der Waals surface area contributed by atoms with Crippen LogP contribution in [0.25, 0.3) is 16.9 Å². The highest BCUT2D eigenvalue weighted by Gasteiger charge is 2.50. The Morgan fingerprint density at radius 3 is 2.47 bits per heavy atom. The number of hydrogen-bond acceptors (Lipinski definition) is 6. The minimum absolute atomic E-state index is 0.148. The maximum Gasteiger partial charge on any atom is 0.272 e. The highest BCUT2D eigenvalue weighted by atomic mass is 16.5. The molecule has 32 heavy (non-hydrogen) atoms. The highest BCUT2D eigenvalue weighted by molar-refractivity contribution is 5.61. The number of aromatic nitrogens is 7. The Morgan fingerprint density at radius 1 is 0.969 bits per heavy atom. The summed E-state index contributed by atoms with van der Waals surface area (Å²) in [5.41, 5.74) is 5.27. The number of methoxy groups -OCH3 is 1. The fourth-order valence-corrected chi connectivity index (χ4v) is 4.22. The zero-order valence-electron chi connectivity index (χ0n) is 17.6. The van der Waals surface area contributed by atoms with E-state index in [1.807, 2.05) is 30.7 Å². The predicted molar refractivity (Wildman–Crippen MR) is 118 cm³/mol. The van der Waals surface area contributed by atoms with Gasteiger partial charge in [-0.25, -0.2) is 4.98 Å². The minimum Gasteiger partial charge on any atom is -0.497 e. The summed E-state index contributed by atoms with van der Waals surface area (Å²) in [4.78, 5) is 4.72. The Kier molecular flexibility index (Phi) is 4.24. The zero-order chi connectivity index (χ0) is 21.5. The lowest BCUT2D eigenvalue weighted by atomic mass is 9.95. The van der Waals surface area contributed by atoms with Gasteiger partial charge >= 0.3 is 0 Å². The average Bonchev–Trinajstić information content (AvgIpc) is 3.25. The van der Waals surface area contributed by atoms with Crippen LogP contribution in [0.3, 0.4) is 0 Å². The van der Waals surface area contributed by atoms with Crippen molar-refractivity contribution < 1.29 is 4.74 Å². The van der Waals surface area contributed by atoms with Gasteiger partial charge in [-0.05, 0) is 41.7 Å². The second-order valence-corrected chi connectivity index (χ2v) is 8.15. The normalized spacial score (nSPS) is 14.5. The lowest BCUT2D eigenvalue weighted by Crippen LogP contribution is -2.15. The van der Waals surface area contributed by atoms with Gasteiger partial charge in [0.05, 0.1) is 30.6 Å². The van der Waals surface area contributed by atoms with Crippen molar-refractivity contribution in [2.24, 2.45) is 0 Å². The second-order valence-electron chi connectivity index (χ2n) is 8.15. The molecule has 0 radical (unpaired) electrons. The maximum atomic E-state index is 5.29. The third-order valence-electron chi connectivity index (χ3n) is 6.18. The van der Waals surface area contributed by atoms with E-state index in [0.717, 1.165) is 46.8 Å². The third-order valence-corrected chi connectivity index (χ3v) is 6.18. The van der Waals surface area contributed by atoms with Gasteiger partial charge in [0.25, 0.3) is 5.78 Å². The molecule has 2 aromatic carbocycles. The molecule has 0 spiro atoms. The number of nitrogens with one attached hydrogen (secondary N) is 1. The Labute approximate surface area is 184 Å². The van der Waals surface area contributed by atoms with Gasteiger partial charge in [0.2, 0.25) is 0 Å². The molecular formula is C24H21N7O. The quantitative estimate of drug-likeness (QED) is 0.449. The van der Waals surface area contributed by atoms with Gasteiger partial charge in [-0.3, -0.25) is 5.10 Å². The molecule has 3 aromatic heterocycles. The van der Waals surface area contributed by atoms with Gasteiger partial charge in [0, 0.05) is 18.2 Å². The van der Waals surface area contributed by atoms with Gasteiger partial charge < -0.3 is 4.74 Å². The number of benzene rings is 2. The van der Waals surface area contributed by atoms with Crippen LogP contribution in [0.4, 0.5) is 0 Å². The zero-order valence-corrected chi connectivity index (χ0v) is 17.6. The van der Waals surface area contributed by atoms with Crippen molar-refractivity contribution in [3.8, 4) is 16.9 Å². The van der Waals surface area contributed by atoms with E-state index < -0.39 is 0 Å². The Hall–Kier alpha value is -4.07. The van der Waals surface area contributed by atoms with E-state index >= 15 is 0 Å². The molecule has 3 heterocycles. The van der Waals surface area contributed by atoms with Crippen molar-refractivity contribution in [2.75, 3.05) is 7.11 Å². The van der Waals surface area contributed by atoms with Crippen LogP contribution in [0.15, 0.2) is 67.1 Å². The van der Waals surface area contributed by atoms with Crippen LogP contribution >= 0.6 is 0 Å². The van der Waals surface area contributed by atoms with Crippen LogP contribution in [0.5, 0.6) is 5.75 Å². The smallest absolute Gasteiger partial charge is 0.272 e. The lowest BCUT2D eigenvalue weighted by molar-refractivity contribution is 0.414. The molecule has 1 saturated carbocycles. The number of hydrogen-bond donors (Lipinski definition) is 1. The molecule has 1 N–H and O–H groups in total. The van der Waals surface area contributed by atoms with Crippen LogP contribution in [-0.2, 0) is 11.8 Å². The third kappa shape index (κ3) is 3.11. The number of rotatable bonds is 6. The van der Waals surface area contributed by atoms with E-state index in [-0.39, 0.29) is 5.41 Å². The predicted octanol–water partition coefficient (Wildman–Crippen LogP) is 3.59. The first-order valence-electron chi connectivity index (χ1n) is 10.6. The molecule has 6 rings (SSSR count). The molecule has 1 aliphatic carbocycles. The Balaban J connectivity index is 1.26. The first-order valence-corrected chi connectivity index (χ1v) is 10.6. The largest absolute Gasteiger partial charge is 0.497 e. The van der Waals surface area contributed by atoms with Crippen LogP contribution in [0.2, 0.25) is 0 Å². The summed E-state index contributed by atoms with van der Waals surface area (Å²) in [7, 11) is 1.68. The van der Waals surface area contributed by atoms with Crippen LogP contribution in [0.1, 0.15) is 35.5 Å². The van der Waals surface area contributed by atoms with E-state index in [9.17, 15) is 0 Å². The Morgan fingerprint density at radius 2 is 1.78 bits per heavy atom. The monoisotopic (exact) mass is 423 g/mol. The number of aromatic amines is 1. The molecule has 0 amide bonds. The van der Waals surface area contributed by atoms with E-state index in [2.05, 4.69) is 61.9 Å². The summed E-state index contributed by atoms with van der Waals surface area (Å²) in [6.07, 6.45) is 8.24. The molecule has 8 nitrogen and oxygen atoms in total. The van der Waals surface area contributed by atoms with Gasteiger partial charge in [-0.2, -0.15) is 14.7 Å². The Bertz CT molecular complexity index is 1370. The standard InChI is InChI=1S/C24H21N7O/c1-32-21-8-6-19(7-9-21)24(10-11-24)22-29-30-23-28-20(15-27-31(22)23)12-16-2-4-17(5-3-16)18-13-25-26-14-18/h2-9,13-15H,10-12H2,1H3,(H,25,26). The van der Waals surface area contributed by atoms with Crippen LogP contribution in [-0.4, -0.2) is 42.1 Å². The summed E-state index contributed by atoms with van der Waals surface area (Å²) >= 11 is 0. The molecule has 0 bridgehead atoms. The van der Waals surface area contributed by atoms with Crippen molar-refractivity contribution in [1.29, 1.82) is 0 Å². The number of nitrogens with zero attached hydrogens (tertiary/aromatic N) is 6. The summed E-state index contributed by atoms with van der Waals surface area (Å²) in [5.74, 6) is 2.23. The summed E-state index contributed by atoms with van der Waals surface area (Å²) in [5, 5.41) is 20.3. The van der Waals surface area contributed by atoms with E-state index in [4.69, 9.17) is 9.72 Å². The topological polar surface area (TPSA) is 93.9 Å². The summed E-state index contributed by atoms with van der Waals surface area (Å²) in [6.45, 7) is 0. The molecule has 5 aromatic rings. The van der Waals surface area contributed by atoms with Crippen molar-refractivity contribution in [3.63, 3.8) is 0 Å². The first-order chi connectivity index (χ1) is 15.7. The number of fused-ring (bicyclic) bond motifs is 1. The molecule has 0 aliphatic heterocycles. The van der Waals surface area contributed by atoms with Gasteiger partial charge in [0.1, 0.15) is 5.75 Å². The van der Waals surface area contributed by atoms with E-state index in [1.165, 1.54) is 5.56 Å². The van der Waals surface area contributed by atoms with Gasteiger partial charge in [0.15, 0.2) is 5.82 Å². The molecule has 8 heteroatoms. The molecule has 0 atom stereocenters. The lowest BCUT2D eigenvalue weighted by Gasteiger charge is -2.13. The first kappa shape index (κ1) is 18.7. The van der Waals surface area contributed by atoms with Gasteiger partial charge in [-0.15, -0.1) is 10.2 Å². The SMILES string of the molecule is COc1ccc(C2(c3nnc4nc(Cc5ccc(-c6cn[nH]c6)cc5)cnn34)CC2)cc1.